The molecule has 0 saturated carbocycles. The van der Waals surface area contributed by atoms with Gasteiger partial charge in [-0.2, -0.15) is 0 Å². The lowest BCUT2D eigenvalue weighted by Crippen LogP contribution is -2.49. The van der Waals surface area contributed by atoms with E-state index in [0.717, 1.165) is 33.4 Å². The van der Waals surface area contributed by atoms with E-state index < -0.39 is 17.6 Å². The van der Waals surface area contributed by atoms with Gasteiger partial charge in [-0.05, 0) is 86.1 Å². The van der Waals surface area contributed by atoms with E-state index in [2.05, 4.69) is 12.1 Å². The highest BCUT2D eigenvalue weighted by molar-refractivity contribution is 6.30. The second kappa shape index (κ2) is 6.29. The van der Waals surface area contributed by atoms with Gasteiger partial charge in [0.1, 0.15) is 17.6 Å². The molecule has 0 aromatic heterocycles. The molecule has 0 spiro atoms. The highest BCUT2D eigenvalue weighted by atomic mass is 35.5. The predicted octanol–water partition coefficient (Wildman–Crippen LogP) is 5.11. The number of Topliss-reactive ketones (excluding diaryl/α,β-unsaturated/α-hetero) is 2. The first-order valence-corrected chi connectivity index (χ1v) is 9.72. The van der Waals surface area contributed by atoms with Gasteiger partial charge in [0.15, 0.2) is 11.6 Å². The molecule has 0 N–H and O–H groups in total. The summed E-state index contributed by atoms with van der Waals surface area (Å²) in [5.41, 5.74) is 5.23. The lowest BCUT2D eigenvalue weighted by molar-refractivity contribution is -0.160. The van der Waals surface area contributed by atoms with Gasteiger partial charge in [-0.3, -0.25) is 9.59 Å². The summed E-state index contributed by atoms with van der Waals surface area (Å²) < 4.78 is 5.75. The summed E-state index contributed by atoms with van der Waals surface area (Å²) >= 11 is 6.09. The summed E-state index contributed by atoms with van der Waals surface area (Å²) in [6.07, 6.45) is 0.811. The van der Waals surface area contributed by atoms with E-state index in [9.17, 15) is 9.59 Å². The molecule has 2 aromatic carbocycles. The van der Waals surface area contributed by atoms with Crippen molar-refractivity contribution in [2.75, 3.05) is 0 Å². The van der Waals surface area contributed by atoms with Crippen LogP contribution >= 0.6 is 11.6 Å². The minimum Gasteiger partial charge on any atom is -0.356 e. The Bertz CT molecular complexity index is 955. The van der Waals surface area contributed by atoms with E-state index in [0.29, 0.717) is 17.9 Å². The monoisotopic (exact) mass is 382 g/mol. The molecule has 2 saturated heterocycles. The number of hydrogen-bond donors (Lipinski definition) is 0. The lowest BCUT2D eigenvalue weighted by Gasteiger charge is -2.34. The highest BCUT2D eigenvalue weighted by Crippen LogP contribution is 2.45. The summed E-state index contributed by atoms with van der Waals surface area (Å²) in [7, 11) is 0. The second-order valence-corrected chi connectivity index (χ2v) is 8.50. The Morgan fingerprint density at radius 3 is 2.33 bits per heavy atom. The standard InChI is InChI=1S/C23H23ClO3/c1-12-11-16(24)5-6-17(12)15-9-13(2)19(14(3)10-15)20-21(25)18-7-8-23(4,27-18)22(20)26/h5-6,9-11,18,20H,7-8H2,1-4H3/t18-,20?,23+/m0/s1. The summed E-state index contributed by atoms with van der Waals surface area (Å²) in [4.78, 5) is 26.0. The molecule has 4 rings (SSSR count). The van der Waals surface area contributed by atoms with Crippen LogP contribution in [0.5, 0.6) is 0 Å². The van der Waals surface area contributed by atoms with Gasteiger partial charge in [0.05, 0.1) is 0 Å². The minimum absolute atomic E-state index is 0.0865. The van der Waals surface area contributed by atoms with Crippen LogP contribution in [0.15, 0.2) is 30.3 Å². The van der Waals surface area contributed by atoms with Crippen LogP contribution in [0.3, 0.4) is 0 Å². The molecule has 2 bridgehead atoms. The molecule has 2 aliphatic rings. The fourth-order valence-electron chi connectivity index (χ4n) is 4.65. The number of ether oxygens (including phenoxy) is 1. The Morgan fingerprint density at radius 2 is 1.70 bits per heavy atom. The topological polar surface area (TPSA) is 43.4 Å². The fourth-order valence-corrected chi connectivity index (χ4v) is 4.88. The molecule has 4 heteroatoms. The SMILES string of the molecule is Cc1cc(Cl)ccc1-c1cc(C)c(C2C(=O)[C@@H]3CC[C@@](C)(O3)C2=O)c(C)c1. The zero-order valence-electron chi connectivity index (χ0n) is 16.1. The normalized spacial score (nSPS) is 27.3. The number of benzene rings is 2. The maximum Gasteiger partial charge on any atom is 0.179 e. The third-order valence-electron chi connectivity index (χ3n) is 6.05. The third-order valence-corrected chi connectivity index (χ3v) is 6.29. The number of fused-ring (bicyclic) bond motifs is 2. The molecular weight excluding hydrogens is 360 g/mol. The van der Waals surface area contributed by atoms with Crippen molar-refractivity contribution in [3.8, 4) is 11.1 Å². The average Bonchev–Trinajstić information content (AvgIpc) is 2.96. The van der Waals surface area contributed by atoms with Crippen LogP contribution in [0.2, 0.25) is 5.02 Å². The Morgan fingerprint density at radius 1 is 1.04 bits per heavy atom. The van der Waals surface area contributed by atoms with Crippen LogP contribution in [0, 0.1) is 20.8 Å². The molecule has 2 heterocycles. The van der Waals surface area contributed by atoms with Crippen LogP contribution in [-0.2, 0) is 14.3 Å². The number of aryl methyl sites for hydroxylation is 3. The molecule has 140 valence electrons. The van der Waals surface area contributed by atoms with Crippen LogP contribution in [0.1, 0.15) is 47.9 Å². The molecule has 2 aromatic rings. The predicted molar refractivity (Wildman–Crippen MR) is 106 cm³/mol. The second-order valence-electron chi connectivity index (χ2n) is 8.06. The Balaban J connectivity index is 1.81. The van der Waals surface area contributed by atoms with Crippen molar-refractivity contribution in [2.24, 2.45) is 0 Å². The largest absolute Gasteiger partial charge is 0.356 e. The summed E-state index contributed by atoms with van der Waals surface area (Å²) in [6, 6.07) is 9.97. The van der Waals surface area contributed by atoms with Gasteiger partial charge in [-0.15, -0.1) is 0 Å². The fraction of sp³-hybridized carbons (Fsp3) is 0.391. The first kappa shape index (κ1) is 18.4. The van der Waals surface area contributed by atoms with Crippen molar-refractivity contribution in [2.45, 2.75) is 58.2 Å². The van der Waals surface area contributed by atoms with Gasteiger partial charge in [0.25, 0.3) is 0 Å². The van der Waals surface area contributed by atoms with Gasteiger partial charge >= 0.3 is 0 Å². The number of rotatable bonds is 2. The average molecular weight is 383 g/mol. The van der Waals surface area contributed by atoms with E-state index >= 15 is 0 Å². The highest BCUT2D eigenvalue weighted by Gasteiger charge is 2.56. The molecular formula is C23H23ClO3. The van der Waals surface area contributed by atoms with Crippen molar-refractivity contribution in [1.29, 1.82) is 0 Å². The third kappa shape index (κ3) is 2.84. The maximum atomic E-state index is 13.1. The van der Waals surface area contributed by atoms with E-state index in [4.69, 9.17) is 16.3 Å². The van der Waals surface area contributed by atoms with E-state index in [1.54, 1.807) is 0 Å². The van der Waals surface area contributed by atoms with Gasteiger partial charge in [0.2, 0.25) is 0 Å². The van der Waals surface area contributed by atoms with Crippen LogP contribution in [0.4, 0.5) is 0 Å². The van der Waals surface area contributed by atoms with E-state index in [1.165, 1.54) is 0 Å². The zero-order chi connectivity index (χ0) is 19.5. The number of carbonyl (C=O) groups is 2. The quantitative estimate of drug-likeness (QED) is 0.678. The first-order valence-electron chi connectivity index (χ1n) is 9.35. The first-order chi connectivity index (χ1) is 12.7. The van der Waals surface area contributed by atoms with Gasteiger partial charge in [-0.1, -0.05) is 29.8 Å². The van der Waals surface area contributed by atoms with Crippen molar-refractivity contribution >= 4 is 23.2 Å². The smallest absolute Gasteiger partial charge is 0.179 e. The number of ketones is 2. The van der Waals surface area contributed by atoms with Crippen molar-refractivity contribution in [1.82, 2.24) is 0 Å². The molecule has 0 aliphatic carbocycles. The van der Waals surface area contributed by atoms with Crippen molar-refractivity contribution in [3.63, 3.8) is 0 Å². The Hall–Kier alpha value is -1.97. The van der Waals surface area contributed by atoms with Crippen LogP contribution in [-0.4, -0.2) is 23.3 Å². The summed E-state index contributed by atoms with van der Waals surface area (Å²) in [5, 5.41) is 0.712. The molecule has 0 radical (unpaired) electrons. The molecule has 3 atom stereocenters. The van der Waals surface area contributed by atoms with E-state index in [1.807, 2.05) is 45.9 Å². The maximum absolute atomic E-state index is 13.1. The molecule has 3 nitrogen and oxygen atoms in total. The minimum atomic E-state index is -0.826. The number of carbonyl (C=O) groups excluding carboxylic acids is 2. The van der Waals surface area contributed by atoms with Crippen LogP contribution in [0.25, 0.3) is 11.1 Å². The van der Waals surface area contributed by atoms with Gasteiger partial charge < -0.3 is 4.74 Å². The molecule has 27 heavy (non-hydrogen) atoms. The molecule has 0 amide bonds. The summed E-state index contributed by atoms with van der Waals surface area (Å²) in [6.45, 7) is 7.82. The van der Waals surface area contributed by atoms with Crippen molar-refractivity contribution < 1.29 is 14.3 Å². The van der Waals surface area contributed by atoms with Gasteiger partial charge in [0, 0.05) is 5.02 Å². The van der Waals surface area contributed by atoms with Gasteiger partial charge in [-0.25, -0.2) is 0 Å². The van der Waals surface area contributed by atoms with Crippen molar-refractivity contribution in [3.05, 3.63) is 57.6 Å². The molecule has 1 unspecified atom stereocenters. The number of hydrogen-bond acceptors (Lipinski definition) is 3. The zero-order valence-corrected chi connectivity index (χ0v) is 16.8. The molecule has 2 aliphatic heterocycles. The Kier molecular flexibility index (Phi) is 4.28. The lowest BCUT2D eigenvalue weighted by atomic mass is 9.77. The van der Waals surface area contributed by atoms with Crippen LogP contribution < -0.4 is 0 Å². The molecule has 2 fully saturated rings. The summed E-state index contributed by atoms with van der Waals surface area (Å²) in [5.74, 6) is -0.893. The number of halogens is 1. The van der Waals surface area contributed by atoms with E-state index in [-0.39, 0.29) is 11.6 Å². The Labute approximate surface area is 164 Å².